The maximum Gasteiger partial charge on any atom is 0.422 e. The van der Waals surface area contributed by atoms with E-state index in [1.54, 1.807) is 20.9 Å². The van der Waals surface area contributed by atoms with Gasteiger partial charge >= 0.3 is 12.4 Å². The summed E-state index contributed by atoms with van der Waals surface area (Å²) >= 11 is 0. The number of benzene rings is 1. The van der Waals surface area contributed by atoms with Gasteiger partial charge in [0.25, 0.3) is 0 Å². The van der Waals surface area contributed by atoms with Crippen LogP contribution in [0.25, 0.3) is 28.4 Å². The Morgan fingerprint density at radius 2 is 1.91 bits per heavy atom. The number of fused-ring (bicyclic) bond motifs is 1. The van der Waals surface area contributed by atoms with Gasteiger partial charge in [-0.15, -0.1) is 0 Å². The normalized spacial score (nSPS) is 13.8. The van der Waals surface area contributed by atoms with Gasteiger partial charge in [-0.1, -0.05) is 19.6 Å². The molecule has 0 saturated heterocycles. The molecule has 2 heterocycles. The Hall–Kier alpha value is -3.15. The molecule has 0 aliphatic rings. The van der Waals surface area contributed by atoms with Crippen LogP contribution in [-0.4, -0.2) is 43.5 Å². The summed E-state index contributed by atoms with van der Waals surface area (Å²) in [6, 6.07) is 4.16. The molecule has 0 spiro atoms. The van der Waals surface area contributed by atoms with Gasteiger partial charge in [-0.3, -0.25) is 9.19 Å². The average molecular weight is 517 g/mol. The van der Waals surface area contributed by atoms with Crippen molar-refractivity contribution in [3.63, 3.8) is 0 Å². The number of halogens is 6. The second-order valence-electron chi connectivity index (χ2n) is 7.49. The monoisotopic (exact) mass is 517 g/mol. The molecule has 1 atom stereocenters. The minimum atomic E-state index is -4.62. The first kappa shape index (κ1) is 26.5. The fraction of sp³-hybridized carbons (Fsp3) is 0.304. The Balaban J connectivity index is 2.18. The van der Waals surface area contributed by atoms with Crippen LogP contribution < -0.4 is 4.74 Å². The second-order valence-corrected chi connectivity index (χ2v) is 9.17. The van der Waals surface area contributed by atoms with Gasteiger partial charge in [-0.25, -0.2) is 4.98 Å². The van der Waals surface area contributed by atoms with Crippen LogP contribution >= 0.6 is 0 Å². The zero-order chi connectivity index (χ0) is 26.1. The minimum Gasteiger partial charge on any atom is -0.484 e. The molecule has 5 nitrogen and oxygen atoms in total. The van der Waals surface area contributed by atoms with Crippen LogP contribution in [0, 0.1) is 6.92 Å². The van der Waals surface area contributed by atoms with E-state index < -0.39 is 35.3 Å². The van der Waals surface area contributed by atoms with Crippen LogP contribution in [0.4, 0.5) is 26.3 Å². The van der Waals surface area contributed by atoms with Crippen LogP contribution in [0.5, 0.6) is 5.75 Å². The SMILES string of the molecule is C=C/C(=C\c1nc(-c2ncc3cc(OCC(F)(F)F)ccc3c2S(=O)CC)n(C)c1C)C(F)(F)F. The Bertz CT molecular complexity index is 1330. The van der Waals surface area contributed by atoms with Gasteiger partial charge in [-0.05, 0) is 31.2 Å². The number of pyridine rings is 1. The molecule has 0 amide bonds. The topological polar surface area (TPSA) is 57.0 Å². The van der Waals surface area contributed by atoms with Crippen molar-refractivity contribution in [1.29, 1.82) is 0 Å². The molecule has 35 heavy (non-hydrogen) atoms. The highest BCUT2D eigenvalue weighted by atomic mass is 32.2. The van der Waals surface area contributed by atoms with Crippen molar-refractivity contribution in [3.05, 3.63) is 54.0 Å². The minimum absolute atomic E-state index is 0.0398. The number of aromatic nitrogens is 3. The molecule has 0 saturated carbocycles. The fourth-order valence-electron chi connectivity index (χ4n) is 3.32. The predicted octanol–water partition coefficient (Wildman–Crippen LogP) is 6.14. The van der Waals surface area contributed by atoms with Gasteiger partial charge in [0.15, 0.2) is 12.4 Å². The van der Waals surface area contributed by atoms with Crippen molar-refractivity contribution in [2.45, 2.75) is 31.1 Å². The number of hydrogen-bond acceptors (Lipinski definition) is 4. The number of rotatable bonds is 7. The van der Waals surface area contributed by atoms with Crippen LogP contribution in [-0.2, 0) is 17.8 Å². The molecular formula is C23H21F6N3O2S. The smallest absolute Gasteiger partial charge is 0.422 e. The van der Waals surface area contributed by atoms with Crippen LogP contribution in [0.1, 0.15) is 18.3 Å². The average Bonchev–Trinajstić information content (AvgIpc) is 3.06. The Morgan fingerprint density at radius 3 is 2.49 bits per heavy atom. The molecule has 0 aliphatic carbocycles. The molecule has 188 valence electrons. The summed E-state index contributed by atoms with van der Waals surface area (Å²) in [7, 11) is 0.0104. The summed E-state index contributed by atoms with van der Waals surface area (Å²) in [5, 5.41) is 0.844. The molecule has 0 bridgehead atoms. The molecule has 0 aliphatic heterocycles. The third-order valence-electron chi connectivity index (χ3n) is 5.18. The number of imidazole rings is 1. The predicted molar refractivity (Wildman–Crippen MR) is 121 cm³/mol. The molecule has 3 aromatic rings. The van der Waals surface area contributed by atoms with E-state index >= 15 is 0 Å². The lowest BCUT2D eigenvalue weighted by Gasteiger charge is -2.13. The van der Waals surface area contributed by atoms with Crippen molar-refractivity contribution >= 4 is 27.6 Å². The third-order valence-corrected chi connectivity index (χ3v) is 6.57. The Kier molecular flexibility index (Phi) is 7.44. The van der Waals surface area contributed by atoms with Gasteiger partial charge in [-0.2, -0.15) is 26.3 Å². The number of alkyl halides is 6. The molecule has 1 aromatic carbocycles. The summed E-state index contributed by atoms with van der Waals surface area (Å²) in [4.78, 5) is 8.95. The van der Waals surface area contributed by atoms with E-state index in [0.29, 0.717) is 22.5 Å². The Labute approximate surface area is 199 Å². The molecule has 0 radical (unpaired) electrons. The number of nitrogens with zero attached hydrogens (tertiary/aromatic N) is 3. The van der Waals surface area contributed by atoms with E-state index in [1.165, 1.54) is 29.0 Å². The molecule has 0 N–H and O–H groups in total. The number of hydrogen-bond donors (Lipinski definition) is 0. The molecule has 2 aromatic heterocycles. The number of allylic oxidation sites excluding steroid dienone is 2. The first-order valence-corrected chi connectivity index (χ1v) is 11.5. The quantitative estimate of drug-likeness (QED) is 0.279. The van der Waals surface area contributed by atoms with E-state index in [2.05, 4.69) is 16.5 Å². The van der Waals surface area contributed by atoms with E-state index in [0.717, 1.165) is 6.08 Å². The highest BCUT2D eigenvalue weighted by Crippen LogP contribution is 2.35. The highest BCUT2D eigenvalue weighted by Gasteiger charge is 2.32. The summed E-state index contributed by atoms with van der Waals surface area (Å²) in [5.74, 6) is 0.350. The maximum absolute atomic E-state index is 13.2. The van der Waals surface area contributed by atoms with Crippen molar-refractivity contribution < 1.29 is 35.3 Å². The van der Waals surface area contributed by atoms with Crippen molar-refractivity contribution in [2.75, 3.05) is 12.4 Å². The van der Waals surface area contributed by atoms with Gasteiger partial charge in [0, 0.05) is 35.5 Å². The van der Waals surface area contributed by atoms with Gasteiger partial charge in [0.2, 0.25) is 0 Å². The van der Waals surface area contributed by atoms with Crippen LogP contribution in [0.3, 0.4) is 0 Å². The van der Waals surface area contributed by atoms with E-state index in [1.807, 2.05) is 0 Å². The third kappa shape index (κ3) is 5.75. The largest absolute Gasteiger partial charge is 0.484 e. The second kappa shape index (κ2) is 9.84. The fourth-order valence-corrected chi connectivity index (χ4v) is 4.40. The number of ether oxygens (including phenoxy) is 1. The lowest BCUT2D eigenvalue weighted by molar-refractivity contribution is -0.153. The zero-order valence-corrected chi connectivity index (χ0v) is 19.7. The standard InChI is InChI=1S/C23H21F6N3O2S/c1-5-15(23(27,28)29)10-18-13(3)32(4)21(31-18)19-20(35(33)6-2)17-8-7-16(9-14(17)11-30-19)34-12-22(24,25)26/h5,7-11H,1,6,12H2,2-4H3/b15-10+. The van der Waals surface area contributed by atoms with Crippen molar-refractivity contribution in [1.82, 2.24) is 14.5 Å². The van der Waals surface area contributed by atoms with Crippen LogP contribution in [0.2, 0.25) is 0 Å². The van der Waals surface area contributed by atoms with E-state index in [4.69, 9.17) is 4.74 Å². The molecule has 0 fully saturated rings. The van der Waals surface area contributed by atoms with E-state index in [9.17, 15) is 30.6 Å². The molecular weight excluding hydrogens is 496 g/mol. The van der Waals surface area contributed by atoms with Gasteiger partial charge in [0.05, 0.1) is 27.0 Å². The molecule has 3 rings (SSSR count). The van der Waals surface area contributed by atoms with Gasteiger partial charge < -0.3 is 9.30 Å². The van der Waals surface area contributed by atoms with E-state index in [-0.39, 0.29) is 33.6 Å². The lowest BCUT2D eigenvalue weighted by Crippen LogP contribution is -2.19. The summed E-state index contributed by atoms with van der Waals surface area (Å²) in [6.07, 6.45) is -6.20. The zero-order valence-electron chi connectivity index (χ0n) is 18.9. The summed E-state index contributed by atoms with van der Waals surface area (Å²) in [5.41, 5.74) is -0.324. The Morgan fingerprint density at radius 1 is 1.23 bits per heavy atom. The first-order chi connectivity index (χ1) is 16.3. The summed E-state index contributed by atoms with van der Waals surface area (Å²) in [6.45, 7) is 5.00. The van der Waals surface area contributed by atoms with Crippen molar-refractivity contribution in [3.8, 4) is 17.3 Å². The maximum atomic E-state index is 13.2. The molecule has 12 heteroatoms. The van der Waals surface area contributed by atoms with Crippen molar-refractivity contribution in [2.24, 2.45) is 7.05 Å². The summed E-state index contributed by atoms with van der Waals surface area (Å²) < 4.78 is 96.4. The lowest BCUT2D eigenvalue weighted by atomic mass is 10.1. The highest BCUT2D eigenvalue weighted by molar-refractivity contribution is 7.85. The van der Waals surface area contributed by atoms with Gasteiger partial charge in [0.1, 0.15) is 11.4 Å². The molecule has 1 unspecified atom stereocenters. The van der Waals surface area contributed by atoms with Crippen LogP contribution in [0.15, 0.2) is 47.5 Å². The first-order valence-electron chi connectivity index (χ1n) is 10.2.